The Morgan fingerprint density at radius 2 is 1.96 bits per heavy atom. The number of carbonyl (C=O) groups excluding carboxylic acids is 1. The Labute approximate surface area is 139 Å². The monoisotopic (exact) mass is 338 g/mol. The largest absolute Gasteiger partial charge is 0.334 e. The number of hydrogen-bond acceptors (Lipinski definition) is 4. The molecular weight excluding hydrogens is 312 g/mol. The Balaban J connectivity index is 2.21. The smallest absolute Gasteiger partial charge is 0.254 e. The van der Waals surface area contributed by atoms with E-state index in [4.69, 9.17) is 0 Å². The van der Waals surface area contributed by atoms with Gasteiger partial charge in [-0.2, -0.15) is 0 Å². The van der Waals surface area contributed by atoms with Gasteiger partial charge in [0.1, 0.15) is 0 Å². The van der Waals surface area contributed by atoms with Gasteiger partial charge in [-0.1, -0.05) is 6.92 Å². The zero-order valence-electron chi connectivity index (χ0n) is 14.1. The second-order valence-corrected chi connectivity index (χ2v) is 8.77. The minimum Gasteiger partial charge on any atom is -0.334 e. The van der Waals surface area contributed by atoms with Crippen molar-refractivity contribution in [3.63, 3.8) is 0 Å². The van der Waals surface area contributed by atoms with Crippen molar-refractivity contribution in [2.24, 2.45) is 0 Å². The van der Waals surface area contributed by atoms with Crippen molar-refractivity contribution >= 4 is 15.7 Å². The minimum absolute atomic E-state index is 0.0194. The molecule has 1 aromatic rings. The molecular formula is C17H26N2O3S. The van der Waals surface area contributed by atoms with Crippen LogP contribution in [0.25, 0.3) is 0 Å². The highest BCUT2D eigenvalue weighted by Gasteiger charge is 2.27. The van der Waals surface area contributed by atoms with Crippen LogP contribution in [0, 0.1) is 0 Å². The summed E-state index contributed by atoms with van der Waals surface area (Å²) in [5, 5.41) is 2.82. The number of benzene rings is 1. The van der Waals surface area contributed by atoms with Crippen LogP contribution in [0.4, 0.5) is 0 Å². The average molecular weight is 338 g/mol. The number of sulfone groups is 1. The van der Waals surface area contributed by atoms with E-state index in [2.05, 4.69) is 12.2 Å². The molecule has 1 aliphatic rings. The fraction of sp³-hybridized carbons (Fsp3) is 0.588. The highest BCUT2D eigenvalue weighted by atomic mass is 32.2. The molecule has 1 aromatic carbocycles. The zero-order valence-corrected chi connectivity index (χ0v) is 14.9. The lowest BCUT2D eigenvalue weighted by Crippen LogP contribution is -2.42. The molecule has 5 nitrogen and oxygen atoms in total. The highest BCUT2D eigenvalue weighted by Crippen LogP contribution is 2.19. The first-order valence-corrected chi connectivity index (χ1v) is 9.78. The molecule has 0 saturated carbocycles. The van der Waals surface area contributed by atoms with E-state index in [1.165, 1.54) is 0 Å². The Morgan fingerprint density at radius 3 is 2.43 bits per heavy atom. The number of nitrogens with zero attached hydrogens (tertiary/aromatic N) is 1. The maximum atomic E-state index is 12.8. The van der Waals surface area contributed by atoms with Crippen LogP contribution in [0.3, 0.4) is 0 Å². The lowest BCUT2D eigenvalue weighted by Gasteiger charge is -2.28. The summed E-state index contributed by atoms with van der Waals surface area (Å²) in [6.07, 6.45) is 1.87. The number of amides is 1. The summed E-state index contributed by atoms with van der Waals surface area (Å²) in [5.74, 6) is -0.0194. The molecule has 0 radical (unpaired) electrons. The molecule has 0 aliphatic carbocycles. The minimum atomic E-state index is -3.30. The third-order valence-electron chi connectivity index (χ3n) is 4.25. The second kappa shape index (κ2) is 7.45. The van der Waals surface area contributed by atoms with Gasteiger partial charge in [-0.3, -0.25) is 4.79 Å². The average Bonchev–Trinajstić information content (AvgIpc) is 3.06. The zero-order chi connectivity index (χ0) is 17.0. The third kappa shape index (κ3) is 3.93. The van der Waals surface area contributed by atoms with Crippen LogP contribution in [-0.2, 0) is 9.84 Å². The SMILES string of the molecule is CCCN(C(=O)c1ccc(S(=O)(=O)C(C)C)cc1)C1CCNC1. The van der Waals surface area contributed by atoms with Gasteiger partial charge >= 0.3 is 0 Å². The summed E-state index contributed by atoms with van der Waals surface area (Å²) in [5.41, 5.74) is 0.549. The Bertz CT molecular complexity index is 632. The van der Waals surface area contributed by atoms with Crippen molar-refractivity contribution in [1.82, 2.24) is 10.2 Å². The van der Waals surface area contributed by atoms with E-state index in [1.54, 1.807) is 38.1 Å². The van der Waals surface area contributed by atoms with E-state index in [0.29, 0.717) is 5.56 Å². The molecule has 0 spiro atoms. The van der Waals surface area contributed by atoms with E-state index in [0.717, 1.165) is 32.5 Å². The third-order valence-corrected chi connectivity index (χ3v) is 6.42. The summed E-state index contributed by atoms with van der Waals surface area (Å²) in [6, 6.07) is 6.56. The van der Waals surface area contributed by atoms with Crippen molar-refractivity contribution in [3.8, 4) is 0 Å². The van der Waals surface area contributed by atoms with Crippen LogP contribution in [0.1, 0.15) is 44.0 Å². The van der Waals surface area contributed by atoms with Crippen LogP contribution >= 0.6 is 0 Å². The van der Waals surface area contributed by atoms with E-state index in [9.17, 15) is 13.2 Å². The normalized spacial score (nSPS) is 18.3. The summed E-state index contributed by atoms with van der Waals surface area (Å²) >= 11 is 0. The molecule has 1 N–H and O–H groups in total. The molecule has 23 heavy (non-hydrogen) atoms. The van der Waals surface area contributed by atoms with Gasteiger partial charge < -0.3 is 10.2 Å². The van der Waals surface area contributed by atoms with Gasteiger partial charge in [0, 0.05) is 24.7 Å². The molecule has 6 heteroatoms. The number of hydrogen-bond donors (Lipinski definition) is 1. The van der Waals surface area contributed by atoms with Crippen molar-refractivity contribution in [3.05, 3.63) is 29.8 Å². The van der Waals surface area contributed by atoms with Gasteiger partial charge in [-0.25, -0.2) is 8.42 Å². The molecule has 1 unspecified atom stereocenters. The molecule has 128 valence electrons. The molecule has 1 amide bonds. The lowest BCUT2D eigenvalue weighted by atomic mass is 10.1. The topological polar surface area (TPSA) is 66.5 Å². The molecule has 1 saturated heterocycles. The van der Waals surface area contributed by atoms with Crippen LogP contribution in [0.15, 0.2) is 29.2 Å². The van der Waals surface area contributed by atoms with Gasteiger partial charge in [-0.15, -0.1) is 0 Å². The predicted octanol–water partition coefficient (Wildman–Crippen LogP) is 2.08. The fourth-order valence-corrected chi connectivity index (χ4v) is 3.88. The Kier molecular flexibility index (Phi) is 5.81. The summed E-state index contributed by atoms with van der Waals surface area (Å²) in [6.45, 7) is 7.85. The first kappa shape index (κ1) is 17.9. The predicted molar refractivity (Wildman–Crippen MR) is 91.4 cm³/mol. The highest BCUT2D eigenvalue weighted by molar-refractivity contribution is 7.92. The van der Waals surface area contributed by atoms with Gasteiger partial charge in [-0.05, 0) is 57.5 Å². The molecule has 1 heterocycles. The molecule has 1 fully saturated rings. The van der Waals surface area contributed by atoms with Crippen LogP contribution < -0.4 is 5.32 Å². The van der Waals surface area contributed by atoms with Crippen LogP contribution in [-0.4, -0.2) is 50.2 Å². The van der Waals surface area contributed by atoms with E-state index >= 15 is 0 Å². The molecule has 0 aromatic heterocycles. The number of carbonyl (C=O) groups is 1. The summed E-state index contributed by atoms with van der Waals surface area (Å²) in [4.78, 5) is 14.9. The first-order valence-electron chi connectivity index (χ1n) is 8.23. The maximum Gasteiger partial charge on any atom is 0.254 e. The van der Waals surface area contributed by atoms with Crippen molar-refractivity contribution in [2.75, 3.05) is 19.6 Å². The van der Waals surface area contributed by atoms with Crippen LogP contribution in [0.2, 0.25) is 0 Å². The van der Waals surface area contributed by atoms with Gasteiger partial charge in [0.15, 0.2) is 9.84 Å². The summed E-state index contributed by atoms with van der Waals surface area (Å²) < 4.78 is 24.3. The van der Waals surface area contributed by atoms with Gasteiger partial charge in [0.05, 0.1) is 10.1 Å². The number of rotatable bonds is 6. The Morgan fingerprint density at radius 1 is 1.30 bits per heavy atom. The quantitative estimate of drug-likeness (QED) is 0.862. The van der Waals surface area contributed by atoms with E-state index in [1.807, 2.05) is 4.90 Å². The fourth-order valence-electron chi connectivity index (χ4n) is 2.82. The van der Waals surface area contributed by atoms with Gasteiger partial charge in [0.25, 0.3) is 5.91 Å². The first-order chi connectivity index (χ1) is 10.9. The van der Waals surface area contributed by atoms with Crippen LogP contribution in [0.5, 0.6) is 0 Å². The van der Waals surface area contributed by atoms with Crippen molar-refractivity contribution < 1.29 is 13.2 Å². The van der Waals surface area contributed by atoms with Gasteiger partial charge in [0.2, 0.25) is 0 Å². The van der Waals surface area contributed by atoms with Crippen molar-refractivity contribution in [2.45, 2.75) is 49.8 Å². The van der Waals surface area contributed by atoms with E-state index in [-0.39, 0.29) is 16.8 Å². The standard InChI is InChI=1S/C17H26N2O3S/c1-4-11-19(15-9-10-18-12-15)17(20)14-5-7-16(8-6-14)23(21,22)13(2)3/h5-8,13,15,18H,4,9-12H2,1-3H3. The molecule has 2 rings (SSSR count). The maximum absolute atomic E-state index is 12.8. The molecule has 0 bridgehead atoms. The molecule has 1 atom stereocenters. The lowest BCUT2D eigenvalue weighted by molar-refractivity contribution is 0.0692. The summed E-state index contributed by atoms with van der Waals surface area (Å²) in [7, 11) is -3.30. The number of nitrogens with one attached hydrogen (secondary N) is 1. The Hall–Kier alpha value is -1.40. The second-order valence-electron chi connectivity index (χ2n) is 6.26. The van der Waals surface area contributed by atoms with Crippen molar-refractivity contribution in [1.29, 1.82) is 0 Å². The van der Waals surface area contributed by atoms with E-state index < -0.39 is 15.1 Å². The molecule has 1 aliphatic heterocycles.